The lowest BCUT2D eigenvalue weighted by Gasteiger charge is -2.38. The van der Waals surface area contributed by atoms with Crippen LogP contribution in [0.3, 0.4) is 0 Å². The van der Waals surface area contributed by atoms with Crippen LogP contribution in [0.15, 0.2) is 42.5 Å². The van der Waals surface area contributed by atoms with E-state index in [-0.39, 0.29) is 24.1 Å². The molecule has 2 amide bonds. The predicted octanol–water partition coefficient (Wildman–Crippen LogP) is 2.12. The molecule has 2 heterocycles. The van der Waals surface area contributed by atoms with E-state index in [9.17, 15) is 28.3 Å². The largest absolute Gasteiger partial charge is 0.755 e. The fraction of sp³-hybridized carbons (Fsp3) is 0.517. The average Bonchev–Trinajstić information content (AvgIpc) is 3.26. The Morgan fingerprint density at radius 3 is 2.36 bits per heavy atom. The van der Waals surface area contributed by atoms with Gasteiger partial charge in [0.2, 0.25) is 11.8 Å². The first-order valence-electron chi connectivity index (χ1n) is 14.4. The maximum atomic E-state index is 14.1. The molecule has 2 aliphatic heterocycles. The number of benzene rings is 2. The highest BCUT2D eigenvalue weighted by Crippen LogP contribution is 2.31. The quantitative estimate of drug-likeness (QED) is 0.211. The second kappa shape index (κ2) is 14.5. The van der Waals surface area contributed by atoms with E-state index in [1.807, 2.05) is 18.2 Å². The molecule has 2 fully saturated rings. The number of hydrogen-bond acceptors (Lipinski definition) is 6. The molecular weight excluding hydrogens is 560 g/mol. The van der Waals surface area contributed by atoms with Gasteiger partial charge in [-0.2, -0.15) is 0 Å². The van der Waals surface area contributed by atoms with Gasteiger partial charge in [-0.25, -0.2) is 0 Å². The summed E-state index contributed by atoms with van der Waals surface area (Å²) in [7, 11) is 0. The average molecular weight is 600 g/mol. The summed E-state index contributed by atoms with van der Waals surface area (Å²) in [6, 6.07) is 11.0. The fourth-order valence-electron chi connectivity index (χ4n) is 5.98. The third-order valence-electron chi connectivity index (χ3n) is 8.04. The van der Waals surface area contributed by atoms with Crippen molar-refractivity contribution in [3.05, 3.63) is 42.5 Å². The van der Waals surface area contributed by atoms with Crippen molar-refractivity contribution >= 4 is 51.5 Å². The highest BCUT2D eigenvalue weighted by atomic mass is 32.2. The van der Waals surface area contributed by atoms with E-state index in [4.69, 9.17) is 11.1 Å². The van der Waals surface area contributed by atoms with E-state index in [0.717, 1.165) is 48.2 Å². The maximum absolute atomic E-state index is 14.1. The monoisotopic (exact) mass is 599 g/mol. The molecule has 2 aliphatic rings. The minimum Gasteiger partial charge on any atom is -0.755 e. The lowest BCUT2D eigenvalue weighted by atomic mass is 9.97. The van der Waals surface area contributed by atoms with E-state index < -0.39 is 48.1 Å². The molecule has 42 heavy (non-hydrogen) atoms. The minimum absolute atomic E-state index is 0.0809. The van der Waals surface area contributed by atoms with Gasteiger partial charge in [-0.15, -0.1) is 0 Å². The van der Waals surface area contributed by atoms with Crippen molar-refractivity contribution in [3.8, 4) is 0 Å². The van der Waals surface area contributed by atoms with Crippen LogP contribution in [0.4, 0.5) is 5.69 Å². The molecule has 4 N–H and O–H groups in total. The smallest absolute Gasteiger partial charge is 0.323 e. The van der Waals surface area contributed by atoms with Crippen molar-refractivity contribution < 1.29 is 28.3 Å². The number of piperidine rings is 1. The van der Waals surface area contributed by atoms with Gasteiger partial charge >= 0.3 is 5.97 Å². The number of likely N-dealkylation sites (tertiary alicyclic amines) is 2. The van der Waals surface area contributed by atoms with Crippen molar-refractivity contribution in [1.29, 1.82) is 5.41 Å². The Kier molecular flexibility index (Phi) is 10.7. The third kappa shape index (κ3) is 7.77. The lowest BCUT2D eigenvalue weighted by Crippen LogP contribution is -2.53. The van der Waals surface area contributed by atoms with Crippen LogP contribution in [0.1, 0.15) is 44.9 Å². The van der Waals surface area contributed by atoms with Gasteiger partial charge in [0, 0.05) is 49.4 Å². The number of carbonyl (C=O) groups is 3. The maximum Gasteiger partial charge on any atom is 0.323 e. The number of rotatable bonds is 10. The molecule has 0 bridgehead atoms. The van der Waals surface area contributed by atoms with E-state index >= 15 is 0 Å². The van der Waals surface area contributed by atoms with E-state index in [1.54, 1.807) is 34.1 Å². The number of carboxylic acid groups (broad SMARTS) is 1. The number of hydrogen-bond donors (Lipinski definition) is 3. The number of nitrogens with two attached hydrogens (primary N) is 1. The van der Waals surface area contributed by atoms with Crippen LogP contribution < -0.4 is 10.0 Å². The number of guanidine groups is 1. The number of aliphatic carboxylic acids is 1. The normalized spacial score (nSPS) is 19.0. The molecule has 0 aromatic heterocycles. The summed E-state index contributed by atoms with van der Waals surface area (Å²) in [4.78, 5) is 44.2. The molecule has 2 saturated heterocycles. The van der Waals surface area contributed by atoms with E-state index in [0.29, 0.717) is 31.6 Å². The summed E-state index contributed by atoms with van der Waals surface area (Å²) >= 11 is -2.92. The molecule has 0 radical (unpaired) electrons. The number of carboxylic acids is 1. The summed E-state index contributed by atoms with van der Waals surface area (Å²) in [5, 5.41) is 18.8. The Balaban J connectivity index is 1.68. The van der Waals surface area contributed by atoms with Gasteiger partial charge in [0.1, 0.15) is 12.6 Å². The summed E-state index contributed by atoms with van der Waals surface area (Å²) < 4.78 is 26.7. The molecule has 2 aromatic rings. The molecule has 12 nitrogen and oxygen atoms in total. The van der Waals surface area contributed by atoms with E-state index in [1.165, 1.54) is 4.90 Å². The zero-order chi connectivity index (χ0) is 30.2. The second-order valence-electron chi connectivity index (χ2n) is 11.0. The minimum atomic E-state index is -2.92. The summed E-state index contributed by atoms with van der Waals surface area (Å²) in [5.74, 6) is -2.52. The number of anilines is 1. The summed E-state index contributed by atoms with van der Waals surface area (Å²) in [6.07, 6.45) is 4.41. The number of nitrogens with zero attached hydrogens (tertiary/aromatic N) is 4. The zero-order valence-corrected chi connectivity index (χ0v) is 24.5. The van der Waals surface area contributed by atoms with Crippen molar-refractivity contribution in [2.24, 2.45) is 11.7 Å². The van der Waals surface area contributed by atoms with Gasteiger partial charge in [0.15, 0.2) is 5.96 Å². The molecule has 2 aromatic carbocycles. The van der Waals surface area contributed by atoms with Gasteiger partial charge in [-0.3, -0.25) is 28.3 Å². The number of fused-ring (bicyclic) bond motifs is 1. The number of amides is 2. The van der Waals surface area contributed by atoms with Crippen molar-refractivity contribution in [1.82, 2.24) is 14.7 Å². The van der Waals surface area contributed by atoms with Crippen molar-refractivity contribution in [2.75, 3.05) is 43.6 Å². The molecule has 0 spiro atoms. The van der Waals surface area contributed by atoms with Crippen LogP contribution in [0.25, 0.3) is 10.8 Å². The Labute approximate surface area is 248 Å². The Bertz CT molecular complexity index is 1310. The van der Waals surface area contributed by atoms with Crippen LogP contribution >= 0.6 is 0 Å². The molecule has 0 saturated carbocycles. The van der Waals surface area contributed by atoms with Gasteiger partial charge < -0.3 is 30.1 Å². The zero-order valence-electron chi connectivity index (χ0n) is 23.7. The molecular formula is C29H39N6O6S-. The molecule has 13 heteroatoms. The van der Waals surface area contributed by atoms with Gasteiger partial charge in [0.25, 0.3) is 0 Å². The third-order valence-corrected chi connectivity index (χ3v) is 8.81. The standard InChI is InChI=1S/C29H40N6O6S/c30-29(31)33-16-8-9-21(18-33)19-34(20-27(37)38)26(36)17-25(28(39)32-14-5-1-2-6-15-32)35(42(40)41)24-13-7-11-22-10-3-4-12-23(22)24/h3-4,7,10-13,21,25H,1-2,5-6,8-9,14-20H2,(H3,30,31)(H,37,38)(H,40,41)/p-1. The predicted molar refractivity (Wildman–Crippen MR) is 159 cm³/mol. The number of nitrogens with one attached hydrogen (secondary N) is 1. The topological polar surface area (TPSA) is 174 Å². The van der Waals surface area contributed by atoms with Crippen LogP contribution in [-0.2, 0) is 25.7 Å². The first-order chi connectivity index (χ1) is 20.2. The molecule has 3 unspecified atom stereocenters. The highest BCUT2D eigenvalue weighted by molar-refractivity contribution is 7.80. The molecule has 228 valence electrons. The lowest BCUT2D eigenvalue weighted by molar-refractivity contribution is -0.146. The second-order valence-corrected chi connectivity index (χ2v) is 11.8. The fourth-order valence-corrected chi connectivity index (χ4v) is 6.67. The van der Waals surface area contributed by atoms with Crippen molar-refractivity contribution in [3.63, 3.8) is 0 Å². The van der Waals surface area contributed by atoms with Gasteiger partial charge in [-0.1, -0.05) is 49.2 Å². The van der Waals surface area contributed by atoms with Gasteiger partial charge in [0.05, 0.1) is 12.1 Å². The Hall–Kier alpha value is -3.71. The Morgan fingerprint density at radius 1 is 1.02 bits per heavy atom. The Morgan fingerprint density at radius 2 is 1.69 bits per heavy atom. The van der Waals surface area contributed by atoms with E-state index in [2.05, 4.69) is 0 Å². The molecule has 0 aliphatic carbocycles. The highest BCUT2D eigenvalue weighted by Gasteiger charge is 2.36. The summed E-state index contributed by atoms with van der Waals surface area (Å²) in [6.45, 7) is 1.44. The van der Waals surface area contributed by atoms with Crippen LogP contribution in [0.5, 0.6) is 0 Å². The first kappa shape index (κ1) is 31.2. The van der Waals surface area contributed by atoms with Crippen LogP contribution in [0.2, 0.25) is 0 Å². The van der Waals surface area contributed by atoms with Crippen molar-refractivity contribution in [2.45, 2.75) is 51.0 Å². The van der Waals surface area contributed by atoms with Crippen LogP contribution in [0, 0.1) is 11.3 Å². The van der Waals surface area contributed by atoms with Gasteiger partial charge in [-0.05, 0) is 43.1 Å². The summed E-state index contributed by atoms with van der Waals surface area (Å²) in [5.41, 5.74) is 5.94. The molecule has 3 atom stereocenters. The number of carbonyl (C=O) groups excluding carboxylic acids is 2. The van der Waals surface area contributed by atoms with Crippen LogP contribution in [-0.4, -0.2) is 97.6 Å². The SMILES string of the molecule is N=C(N)N1CCCC(CN(CC(=O)O)C(=O)CC(C(=O)N2CCCCCC2)N(c2cccc3ccccc23)S(=O)[O-])C1. The molecule has 4 rings (SSSR count). The first-order valence-corrected chi connectivity index (χ1v) is 15.4.